The van der Waals surface area contributed by atoms with E-state index in [0.29, 0.717) is 6.04 Å². The van der Waals surface area contributed by atoms with Crippen molar-refractivity contribution in [1.29, 1.82) is 0 Å². The lowest BCUT2D eigenvalue weighted by Crippen LogP contribution is -2.39. The smallest absolute Gasteiger partial charge is 0.0238 e. The van der Waals surface area contributed by atoms with E-state index in [-0.39, 0.29) is 0 Å². The van der Waals surface area contributed by atoms with Gasteiger partial charge in [0.2, 0.25) is 0 Å². The quantitative estimate of drug-likeness (QED) is 0.651. The van der Waals surface area contributed by atoms with Crippen LogP contribution in [0.4, 0.5) is 0 Å². The molecule has 2 saturated carbocycles. The normalized spacial score (nSPS) is 38.9. The molecule has 0 aliphatic heterocycles. The Morgan fingerprint density at radius 2 is 2.31 bits per heavy atom. The Morgan fingerprint density at radius 1 is 1.46 bits per heavy atom. The molecule has 1 heteroatoms. The van der Waals surface area contributed by atoms with Gasteiger partial charge in [0, 0.05) is 18.5 Å². The summed E-state index contributed by atoms with van der Waals surface area (Å²) < 4.78 is 0. The summed E-state index contributed by atoms with van der Waals surface area (Å²) in [5, 5.41) is 3.67. The van der Waals surface area contributed by atoms with Gasteiger partial charge >= 0.3 is 0 Å². The van der Waals surface area contributed by atoms with E-state index in [1.54, 1.807) is 0 Å². The predicted molar refractivity (Wildman–Crippen MR) is 55.3 cm³/mol. The van der Waals surface area contributed by atoms with Crippen LogP contribution >= 0.6 is 0 Å². The highest BCUT2D eigenvalue weighted by Gasteiger charge is 2.39. The van der Waals surface area contributed by atoms with Crippen LogP contribution in [-0.4, -0.2) is 12.1 Å². The minimum absolute atomic E-state index is 0.509. The number of terminal acetylenes is 1. The van der Waals surface area contributed by atoms with Gasteiger partial charge in [0.15, 0.2) is 0 Å². The van der Waals surface area contributed by atoms with Crippen LogP contribution in [0.3, 0.4) is 0 Å². The first kappa shape index (κ1) is 9.09. The van der Waals surface area contributed by atoms with Crippen LogP contribution in [0.25, 0.3) is 0 Å². The summed E-state index contributed by atoms with van der Waals surface area (Å²) >= 11 is 0. The molecule has 2 fully saturated rings. The van der Waals surface area contributed by atoms with Crippen LogP contribution in [0.1, 0.15) is 39.0 Å². The van der Waals surface area contributed by atoms with Crippen molar-refractivity contribution in [3.8, 4) is 12.3 Å². The lowest BCUT2D eigenvalue weighted by molar-refractivity contribution is 0.326. The molecule has 0 spiro atoms. The molecule has 2 aliphatic carbocycles. The Morgan fingerprint density at radius 3 is 2.85 bits per heavy atom. The molecule has 0 heterocycles. The van der Waals surface area contributed by atoms with Crippen molar-refractivity contribution in [1.82, 2.24) is 5.32 Å². The summed E-state index contributed by atoms with van der Waals surface area (Å²) in [7, 11) is 0. The van der Waals surface area contributed by atoms with Gasteiger partial charge in [-0.15, -0.1) is 12.3 Å². The zero-order valence-corrected chi connectivity index (χ0v) is 8.42. The average Bonchev–Trinajstić information content (AvgIpc) is 2.65. The third-order valence-corrected chi connectivity index (χ3v) is 3.66. The van der Waals surface area contributed by atoms with Gasteiger partial charge in [0.1, 0.15) is 0 Å². The maximum atomic E-state index is 5.29. The van der Waals surface area contributed by atoms with Gasteiger partial charge in [-0.05, 0) is 38.0 Å². The third kappa shape index (κ3) is 1.89. The predicted octanol–water partition coefficient (Wildman–Crippen LogP) is 2.18. The number of hydrogen-bond donors (Lipinski definition) is 1. The topological polar surface area (TPSA) is 12.0 Å². The summed E-state index contributed by atoms with van der Waals surface area (Å²) in [6.45, 7) is 2.20. The molecule has 0 amide bonds. The third-order valence-electron chi connectivity index (χ3n) is 3.66. The fourth-order valence-electron chi connectivity index (χ4n) is 3.05. The zero-order valence-electron chi connectivity index (χ0n) is 8.42. The summed E-state index contributed by atoms with van der Waals surface area (Å²) in [6, 6.07) is 1.29. The molecule has 0 aromatic carbocycles. The molecule has 2 aliphatic rings. The van der Waals surface area contributed by atoms with Gasteiger partial charge in [-0.25, -0.2) is 0 Å². The van der Waals surface area contributed by atoms with Crippen molar-refractivity contribution in [2.75, 3.05) is 0 Å². The van der Waals surface area contributed by atoms with Gasteiger partial charge in [-0.1, -0.05) is 6.42 Å². The van der Waals surface area contributed by atoms with E-state index >= 15 is 0 Å². The van der Waals surface area contributed by atoms with E-state index in [4.69, 9.17) is 6.42 Å². The minimum Gasteiger partial charge on any atom is -0.310 e. The summed E-state index contributed by atoms with van der Waals surface area (Å²) in [4.78, 5) is 0. The van der Waals surface area contributed by atoms with E-state index in [9.17, 15) is 0 Å². The van der Waals surface area contributed by atoms with Crippen molar-refractivity contribution in [3.05, 3.63) is 0 Å². The minimum atomic E-state index is 0.509. The second-order valence-electron chi connectivity index (χ2n) is 4.76. The Hall–Kier alpha value is -0.480. The van der Waals surface area contributed by atoms with Crippen LogP contribution in [0.15, 0.2) is 0 Å². The Labute approximate surface area is 81.3 Å². The van der Waals surface area contributed by atoms with Crippen molar-refractivity contribution in [2.45, 2.75) is 51.1 Å². The van der Waals surface area contributed by atoms with E-state index < -0.39 is 0 Å². The van der Waals surface area contributed by atoms with Crippen LogP contribution < -0.4 is 5.32 Å². The number of rotatable bonds is 3. The Balaban J connectivity index is 1.80. The summed E-state index contributed by atoms with van der Waals surface area (Å²) in [6.07, 6.45) is 12.0. The zero-order chi connectivity index (χ0) is 9.26. The second-order valence-corrected chi connectivity index (χ2v) is 4.76. The molecule has 0 aromatic heterocycles. The van der Waals surface area contributed by atoms with E-state index in [0.717, 1.165) is 24.3 Å². The maximum absolute atomic E-state index is 5.29. The van der Waals surface area contributed by atoms with Gasteiger partial charge in [0.05, 0.1) is 0 Å². The SMILES string of the molecule is C#CCC(C)NC1CC2CCC1C2. The number of fused-ring (bicyclic) bond motifs is 2. The van der Waals surface area contributed by atoms with Crippen LogP contribution in [0.5, 0.6) is 0 Å². The van der Waals surface area contributed by atoms with E-state index in [2.05, 4.69) is 18.2 Å². The van der Waals surface area contributed by atoms with Crippen LogP contribution in [0, 0.1) is 24.2 Å². The molecular formula is C12H19N. The summed E-state index contributed by atoms with van der Waals surface area (Å²) in [5.41, 5.74) is 0. The highest BCUT2D eigenvalue weighted by Crippen LogP contribution is 2.44. The fraction of sp³-hybridized carbons (Fsp3) is 0.833. The monoisotopic (exact) mass is 177 g/mol. The first-order valence-electron chi connectivity index (χ1n) is 5.49. The lowest BCUT2D eigenvalue weighted by atomic mass is 9.94. The van der Waals surface area contributed by atoms with Crippen molar-refractivity contribution >= 4 is 0 Å². The largest absolute Gasteiger partial charge is 0.310 e. The maximum Gasteiger partial charge on any atom is 0.0238 e. The van der Waals surface area contributed by atoms with Crippen molar-refractivity contribution in [3.63, 3.8) is 0 Å². The van der Waals surface area contributed by atoms with Gasteiger partial charge in [-0.3, -0.25) is 0 Å². The lowest BCUT2D eigenvalue weighted by Gasteiger charge is -2.25. The highest BCUT2D eigenvalue weighted by atomic mass is 15.0. The molecule has 13 heavy (non-hydrogen) atoms. The first-order chi connectivity index (χ1) is 6.29. The molecule has 1 nitrogen and oxygen atoms in total. The average molecular weight is 177 g/mol. The van der Waals surface area contributed by atoms with Crippen LogP contribution in [0.2, 0.25) is 0 Å². The van der Waals surface area contributed by atoms with E-state index in [1.807, 2.05) is 0 Å². The molecule has 1 N–H and O–H groups in total. The molecule has 4 atom stereocenters. The molecule has 0 aromatic rings. The highest BCUT2D eigenvalue weighted by molar-refractivity contribution is 4.96. The van der Waals surface area contributed by atoms with Gasteiger partial charge in [-0.2, -0.15) is 0 Å². The van der Waals surface area contributed by atoms with Crippen molar-refractivity contribution < 1.29 is 0 Å². The Bertz CT molecular complexity index is 216. The van der Waals surface area contributed by atoms with E-state index in [1.165, 1.54) is 25.7 Å². The molecular weight excluding hydrogens is 158 g/mol. The standard InChI is InChI=1S/C12H19N/c1-3-4-9(2)13-12-8-10-5-6-11(12)7-10/h1,9-13H,4-8H2,2H3. The van der Waals surface area contributed by atoms with Gasteiger partial charge in [0.25, 0.3) is 0 Å². The molecule has 0 saturated heterocycles. The molecule has 0 radical (unpaired) electrons. The summed E-state index contributed by atoms with van der Waals surface area (Å²) in [5.74, 6) is 4.71. The Kier molecular flexibility index (Phi) is 2.60. The van der Waals surface area contributed by atoms with Crippen LogP contribution in [-0.2, 0) is 0 Å². The number of hydrogen-bond acceptors (Lipinski definition) is 1. The first-order valence-corrected chi connectivity index (χ1v) is 5.49. The fourth-order valence-corrected chi connectivity index (χ4v) is 3.05. The molecule has 2 rings (SSSR count). The molecule has 2 bridgehead atoms. The molecule has 4 unspecified atom stereocenters. The van der Waals surface area contributed by atoms with Crippen molar-refractivity contribution in [2.24, 2.45) is 11.8 Å². The van der Waals surface area contributed by atoms with Gasteiger partial charge < -0.3 is 5.32 Å². The second kappa shape index (κ2) is 3.72. The molecule has 72 valence electrons. The number of nitrogens with one attached hydrogen (secondary N) is 1.